The van der Waals surface area contributed by atoms with Gasteiger partial charge in [-0.05, 0) is 49.4 Å². The van der Waals surface area contributed by atoms with Crippen LogP contribution in [-0.4, -0.2) is 7.05 Å². The SMILES string of the molecule is CCC1CCCCC1C(NC)c1ccc(C)cc1Cl. The minimum atomic E-state index is 0.401. The Labute approximate surface area is 122 Å². The van der Waals surface area contributed by atoms with Gasteiger partial charge in [0.25, 0.3) is 0 Å². The van der Waals surface area contributed by atoms with Gasteiger partial charge in [0.05, 0.1) is 0 Å². The van der Waals surface area contributed by atoms with Crippen LogP contribution in [0.3, 0.4) is 0 Å². The molecule has 3 unspecified atom stereocenters. The maximum atomic E-state index is 6.47. The molecule has 0 aliphatic heterocycles. The van der Waals surface area contributed by atoms with Crippen molar-refractivity contribution in [3.63, 3.8) is 0 Å². The van der Waals surface area contributed by atoms with Crippen LogP contribution in [0, 0.1) is 18.8 Å². The number of halogens is 1. The van der Waals surface area contributed by atoms with Crippen LogP contribution in [0.1, 0.15) is 56.2 Å². The predicted octanol–water partition coefficient (Wildman–Crippen LogP) is 5.13. The lowest BCUT2D eigenvalue weighted by molar-refractivity contribution is 0.180. The molecule has 1 aromatic carbocycles. The number of hydrogen-bond acceptors (Lipinski definition) is 1. The van der Waals surface area contributed by atoms with Gasteiger partial charge in [0, 0.05) is 11.1 Å². The standard InChI is InChI=1S/C17H26ClN/c1-4-13-7-5-6-8-14(13)17(19-3)15-10-9-12(2)11-16(15)18/h9-11,13-14,17,19H,4-8H2,1-3H3. The van der Waals surface area contributed by atoms with E-state index in [0.29, 0.717) is 6.04 Å². The van der Waals surface area contributed by atoms with Crippen molar-refractivity contribution in [1.82, 2.24) is 5.32 Å². The first kappa shape index (κ1) is 14.9. The van der Waals surface area contributed by atoms with Crippen molar-refractivity contribution in [3.8, 4) is 0 Å². The molecule has 2 heteroatoms. The quantitative estimate of drug-likeness (QED) is 0.806. The summed E-state index contributed by atoms with van der Waals surface area (Å²) in [7, 11) is 2.07. The molecule has 0 heterocycles. The van der Waals surface area contributed by atoms with Crippen molar-refractivity contribution < 1.29 is 0 Å². The second-order valence-electron chi connectivity index (χ2n) is 5.91. The molecule has 1 fully saturated rings. The molecular formula is C17H26ClN. The van der Waals surface area contributed by atoms with Crippen molar-refractivity contribution in [1.29, 1.82) is 0 Å². The minimum Gasteiger partial charge on any atom is -0.313 e. The molecule has 2 rings (SSSR count). The third kappa shape index (κ3) is 3.32. The molecule has 1 N–H and O–H groups in total. The van der Waals surface area contributed by atoms with Crippen LogP contribution < -0.4 is 5.32 Å². The average Bonchev–Trinajstić information content (AvgIpc) is 2.42. The Morgan fingerprint density at radius 1 is 1.32 bits per heavy atom. The van der Waals surface area contributed by atoms with Crippen molar-refractivity contribution in [2.45, 2.75) is 52.0 Å². The lowest BCUT2D eigenvalue weighted by Crippen LogP contribution is -2.32. The molecule has 0 amide bonds. The topological polar surface area (TPSA) is 12.0 Å². The van der Waals surface area contributed by atoms with Crippen molar-refractivity contribution in [3.05, 3.63) is 34.3 Å². The first-order valence-electron chi connectivity index (χ1n) is 7.60. The van der Waals surface area contributed by atoms with E-state index in [-0.39, 0.29) is 0 Å². The molecule has 0 bridgehead atoms. The van der Waals surface area contributed by atoms with Crippen LogP contribution in [0.2, 0.25) is 5.02 Å². The Balaban J connectivity index is 2.27. The number of nitrogens with one attached hydrogen (secondary N) is 1. The highest BCUT2D eigenvalue weighted by Gasteiger charge is 2.31. The van der Waals surface area contributed by atoms with Gasteiger partial charge in [-0.25, -0.2) is 0 Å². The summed E-state index contributed by atoms with van der Waals surface area (Å²) < 4.78 is 0. The van der Waals surface area contributed by atoms with E-state index < -0.39 is 0 Å². The minimum absolute atomic E-state index is 0.401. The van der Waals surface area contributed by atoms with E-state index in [9.17, 15) is 0 Å². The second kappa shape index (κ2) is 6.76. The number of rotatable bonds is 4. The van der Waals surface area contributed by atoms with E-state index in [0.717, 1.165) is 16.9 Å². The summed E-state index contributed by atoms with van der Waals surface area (Å²) in [5, 5.41) is 4.44. The molecule has 0 aromatic heterocycles. The highest BCUT2D eigenvalue weighted by atomic mass is 35.5. The van der Waals surface area contributed by atoms with E-state index in [1.165, 1.54) is 43.2 Å². The zero-order valence-corrected chi connectivity index (χ0v) is 13.1. The average molecular weight is 280 g/mol. The summed E-state index contributed by atoms with van der Waals surface area (Å²) in [5.74, 6) is 1.56. The summed E-state index contributed by atoms with van der Waals surface area (Å²) in [6.45, 7) is 4.42. The summed E-state index contributed by atoms with van der Waals surface area (Å²) in [6, 6.07) is 6.87. The normalized spacial score (nSPS) is 25.3. The molecule has 106 valence electrons. The fourth-order valence-corrected chi connectivity index (χ4v) is 4.02. The van der Waals surface area contributed by atoms with E-state index >= 15 is 0 Å². The van der Waals surface area contributed by atoms with Gasteiger partial charge in [0.15, 0.2) is 0 Å². The number of benzene rings is 1. The van der Waals surface area contributed by atoms with Crippen LogP contribution in [-0.2, 0) is 0 Å². The number of aryl methyl sites for hydroxylation is 1. The van der Waals surface area contributed by atoms with Gasteiger partial charge in [-0.2, -0.15) is 0 Å². The smallest absolute Gasteiger partial charge is 0.0456 e. The van der Waals surface area contributed by atoms with E-state index in [1.807, 2.05) is 0 Å². The summed E-state index contributed by atoms with van der Waals surface area (Å²) >= 11 is 6.47. The maximum absolute atomic E-state index is 6.47. The highest BCUT2D eigenvalue weighted by Crippen LogP contribution is 2.41. The molecule has 1 nitrogen and oxygen atoms in total. The number of hydrogen-bond donors (Lipinski definition) is 1. The fourth-order valence-electron chi connectivity index (χ4n) is 3.67. The van der Waals surface area contributed by atoms with Gasteiger partial charge < -0.3 is 5.32 Å². The largest absolute Gasteiger partial charge is 0.313 e. The van der Waals surface area contributed by atoms with Gasteiger partial charge in [0.1, 0.15) is 0 Å². The molecule has 1 aliphatic carbocycles. The van der Waals surface area contributed by atoms with E-state index in [2.05, 4.69) is 44.4 Å². The molecule has 0 spiro atoms. The van der Waals surface area contributed by atoms with Crippen LogP contribution in [0.5, 0.6) is 0 Å². The molecule has 1 aromatic rings. The molecule has 1 aliphatic rings. The van der Waals surface area contributed by atoms with Crippen LogP contribution in [0.25, 0.3) is 0 Å². The van der Waals surface area contributed by atoms with Gasteiger partial charge in [-0.15, -0.1) is 0 Å². The third-order valence-corrected chi connectivity index (χ3v) is 5.05. The molecule has 0 radical (unpaired) electrons. The van der Waals surface area contributed by atoms with Crippen LogP contribution in [0.4, 0.5) is 0 Å². The zero-order valence-electron chi connectivity index (χ0n) is 12.4. The molecule has 3 atom stereocenters. The van der Waals surface area contributed by atoms with Gasteiger partial charge >= 0.3 is 0 Å². The Morgan fingerprint density at radius 2 is 2.05 bits per heavy atom. The van der Waals surface area contributed by atoms with Crippen LogP contribution in [0.15, 0.2) is 18.2 Å². The van der Waals surface area contributed by atoms with Crippen molar-refractivity contribution in [2.24, 2.45) is 11.8 Å². The Bertz CT molecular complexity index is 416. The Hall–Kier alpha value is -0.530. The van der Waals surface area contributed by atoms with Crippen molar-refractivity contribution in [2.75, 3.05) is 7.05 Å². The molecular weight excluding hydrogens is 254 g/mol. The summed E-state index contributed by atoms with van der Waals surface area (Å²) in [6.07, 6.45) is 6.75. The van der Waals surface area contributed by atoms with Crippen molar-refractivity contribution >= 4 is 11.6 Å². The van der Waals surface area contributed by atoms with Crippen LogP contribution >= 0.6 is 11.6 Å². The first-order valence-corrected chi connectivity index (χ1v) is 7.98. The Kier molecular flexibility index (Phi) is 5.29. The second-order valence-corrected chi connectivity index (χ2v) is 6.32. The predicted molar refractivity (Wildman–Crippen MR) is 83.7 cm³/mol. The van der Waals surface area contributed by atoms with Gasteiger partial charge in [0.2, 0.25) is 0 Å². The highest BCUT2D eigenvalue weighted by molar-refractivity contribution is 6.31. The maximum Gasteiger partial charge on any atom is 0.0456 e. The zero-order chi connectivity index (χ0) is 13.8. The Morgan fingerprint density at radius 3 is 2.68 bits per heavy atom. The summed E-state index contributed by atoms with van der Waals surface area (Å²) in [4.78, 5) is 0. The fraction of sp³-hybridized carbons (Fsp3) is 0.647. The molecule has 19 heavy (non-hydrogen) atoms. The molecule has 0 saturated heterocycles. The lowest BCUT2D eigenvalue weighted by atomic mass is 9.72. The monoisotopic (exact) mass is 279 g/mol. The lowest BCUT2D eigenvalue weighted by Gasteiger charge is -2.37. The third-order valence-electron chi connectivity index (χ3n) is 4.72. The summed E-state index contributed by atoms with van der Waals surface area (Å²) in [5.41, 5.74) is 2.51. The molecule has 1 saturated carbocycles. The van der Waals surface area contributed by atoms with Gasteiger partial charge in [-0.3, -0.25) is 0 Å². The van der Waals surface area contributed by atoms with E-state index in [4.69, 9.17) is 11.6 Å². The van der Waals surface area contributed by atoms with Gasteiger partial charge in [-0.1, -0.05) is 56.3 Å². The first-order chi connectivity index (χ1) is 9.17. The van der Waals surface area contributed by atoms with E-state index in [1.54, 1.807) is 0 Å².